The number of urea groups is 1. The summed E-state index contributed by atoms with van der Waals surface area (Å²) in [6.45, 7) is 22.5. The predicted molar refractivity (Wildman–Crippen MR) is 366 cm³/mol. The summed E-state index contributed by atoms with van der Waals surface area (Å²) in [4.78, 5) is 142. The summed E-state index contributed by atoms with van der Waals surface area (Å²) in [6.07, 6.45) is -1.47. The van der Waals surface area contributed by atoms with Gasteiger partial charge in [0.1, 0.15) is 30.2 Å². The number of nitrogens with two attached hydrogens (primary N) is 1. The molecule has 2 heterocycles. The summed E-state index contributed by atoms with van der Waals surface area (Å²) >= 11 is 0. The van der Waals surface area contributed by atoms with Gasteiger partial charge in [-0.05, 0) is 141 Å². The van der Waals surface area contributed by atoms with Gasteiger partial charge in [0.05, 0.1) is 42.7 Å². The molecule has 11 amide bonds. The standard InChI is InChI=1S/C69H118F3N13O12/c1-18-20-24-44(10)59(82(13)14)66(93)81-57(41(5)6)67(94)83(15)58(43(9)19-2)52(96-16)38-55(87)85-35-22-26-51(85)60(97-17)45(11)61(88)77-46(12)62(89)75-39-47-28-30-49(31-29-47)78-64(91)50(25-21-33-74-68(73)95)79-65(92)56(40(3)4)80-54(86)27-23-34-84-36-32-48(63(90)76-42(7)8)37-53(84)69(70,71)72/h28-31,40-46,48,50-53,56-60H,18-27,32-39H2,1-17H3,(H,75,89)(H,76,90)(H,77,88)(H,78,91)(H,79,92)(H,80,86)(H,81,93)(H3,73,74,95)/t43-,44?,45+,46-,48?,50-,51-,52+,53?,56-,57-,58-,59-,60+/m0/s1. The first-order chi connectivity index (χ1) is 45.5. The zero-order chi connectivity index (χ0) is 73.2. The van der Waals surface area contributed by atoms with Crippen LogP contribution in [0.4, 0.5) is 23.7 Å². The quantitative estimate of drug-likeness (QED) is 0.0362. The van der Waals surface area contributed by atoms with Gasteiger partial charge in [0, 0.05) is 65.0 Å². The molecule has 3 unspecified atom stereocenters. The van der Waals surface area contributed by atoms with E-state index < -0.39 is 132 Å². The zero-order valence-corrected chi connectivity index (χ0v) is 60.8. The fraction of sp³-hybridized carbons (Fsp3) is 0.768. The molecular formula is C69H118F3N13O12. The SMILES string of the molecule is CCCCC(C)[C@@H](C(=O)N[C@H](C(=O)N(C)[C@@H]([C@@H](C)CC)[C@@H](CC(=O)N1CCC[C@H]1[C@H](OC)[C@@H](C)C(=O)N[C@@H](C)C(=O)NCc1ccc(NC(=O)[C@H](CCCNC(N)=O)NC(=O)[C@@H](NC(=O)CCCN2CCC(C(=O)NC(C)C)CC2C(F)(F)F)C(C)C)cc1)OC)C(C)C)N(C)C. The van der Waals surface area contributed by atoms with Crippen LogP contribution >= 0.6 is 0 Å². The van der Waals surface area contributed by atoms with E-state index in [1.165, 1.54) is 19.1 Å². The van der Waals surface area contributed by atoms with Crippen LogP contribution in [0.15, 0.2) is 24.3 Å². The van der Waals surface area contributed by atoms with Gasteiger partial charge in [0.25, 0.3) is 0 Å². The van der Waals surface area contributed by atoms with Crippen LogP contribution in [0.3, 0.4) is 0 Å². The Morgan fingerprint density at radius 1 is 0.701 bits per heavy atom. The van der Waals surface area contributed by atoms with E-state index in [4.69, 9.17) is 15.2 Å². The first kappa shape index (κ1) is 84.6. The van der Waals surface area contributed by atoms with Crippen LogP contribution in [0.1, 0.15) is 172 Å². The third kappa shape index (κ3) is 26.5. The zero-order valence-electron chi connectivity index (χ0n) is 60.8. The fourth-order valence-electron chi connectivity index (χ4n) is 13.2. The Kier molecular flexibility index (Phi) is 35.8. The van der Waals surface area contributed by atoms with Crippen molar-refractivity contribution >= 4 is 64.9 Å². The maximum Gasteiger partial charge on any atom is 0.404 e. The predicted octanol–water partition coefficient (Wildman–Crippen LogP) is 5.59. The number of hydrogen-bond acceptors (Lipinski definition) is 14. The summed E-state index contributed by atoms with van der Waals surface area (Å²) < 4.78 is 54.7. The van der Waals surface area contributed by atoms with E-state index >= 15 is 0 Å². The van der Waals surface area contributed by atoms with E-state index in [2.05, 4.69) is 56.4 Å². The molecule has 0 saturated carbocycles. The molecule has 28 heteroatoms. The topological polar surface area (TPSA) is 324 Å². The second-order valence-corrected chi connectivity index (χ2v) is 27.8. The lowest BCUT2D eigenvalue weighted by atomic mass is 9.89. The number of likely N-dealkylation sites (N-methyl/N-ethyl adjacent to an activating group) is 2. The van der Waals surface area contributed by atoms with E-state index in [1.54, 1.807) is 82.7 Å². The number of carbonyl (C=O) groups excluding carboxylic acids is 10. The summed E-state index contributed by atoms with van der Waals surface area (Å²) in [5, 5.41) is 22.0. The summed E-state index contributed by atoms with van der Waals surface area (Å²) in [6, 6.07) is -1.97. The lowest BCUT2D eigenvalue weighted by Crippen LogP contribution is -2.60. The minimum Gasteiger partial charge on any atom is -0.379 e. The highest BCUT2D eigenvalue weighted by molar-refractivity contribution is 5.98. The number of halogens is 3. The molecule has 10 N–H and O–H groups in total. The molecule has 0 aliphatic carbocycles. The largest absolute Gasteiger partial charge is 0.404 e. The number of unbranched alkanes of at least 4 members (excludes halogenated alkanes) is 1. The van der Waals surface area contributed by atoms with Gasteiger partial charge >= 0.3 is 12.2 Å². The first-order valence-corrected chi connectivity index (χ1v) is 34.8. The Bertz CT molecular complexity index is 2710. The van der Waals surface area contributed by atoms with Crippen LogP contribution in [-0.4, -0.2) is 213 Å². The minimum atomic E-state index is -4.59. The maximum absolute atomic E-state index is 14.6. The number of primary amides is 1. The van der Waals surface area contributed by atoms with Crippen LogP contribution in [-0.2, 0) is 59.2 Å². The lowest BCUT2D eigenvalue weighted by Gasteiger charge is -2.41. The molecule has 2 aliphatic heterocycles. The molecule has 97 heavy (non-hydrogen) atoms. The number of nitrogens with one attached hydrogen (secondary N) is 8. The normalized spacial score (nSPS) is 19.5. The molecule has 2 aliphatic rings. The molecule has 0 bridgehead atoms. The molecule has 0 aromatic heterocycles. The highest BCUT2D eigenvalue weighted by atomic mass is 19.4. The number of methoxy groups -OCH3 is 2. The van der Waals surface area contributed by atoms with Crippen molar-refractivity contribution in [2.24, 2.45) is 41.2 Å². The third-order valence-corrected chi connectivity index (χ3v) is 18.9. The van der Waals surface area contributed by atoms with Gasteiger partial charge in [-0.25, -0.2) is 4.79 Å². The van der Waals surface area contributed by atoms with Crippen LogP contribution in [0.2, 0.25) is 0 Å². The Balaban J connectivity index is 1.64. The van der Waals surface area contributed by atoms with Crippen molar-refractivity contribution in [3.8, 4) is 0 Å². The highest BCUT2D eigenvalue weighted by Crippen LogP contribution is 2.35. The van der Waals surface area contributed by atoms with Crippen LogP contribution < -0.4 is 48.3 Å². The second kappa shape index (κ2) is 41.0. The Morgan fingerprint density at radius 3 is 1.91 bits per heavy atom. The number of piperidine rings is 1. The van der Waals surface area contributed by atoms with E-state index in [9.17, 15) is 61.1 Å². The molecule has 552 valence electrons. The summed E-state index contributed by atoms with van der Waals surface area (Å²) in [5.74, 6) is -6.38. The van der Waals surface area contributed by atoms with Crippen LogP contribution in [0.5, 0.6) is 0 Å². The van der Waals surface area contributed by atoms with Gasteiger partial charge in [-0.1, -0.05) is 93.7 Å². The highest BCUT2D eigenvalue weighted by Gasteiger charge is 2.48. The third-order valence-electron chi connectivity index (χ3n) is 18.9. The van der Waals surface area contributed by atoms with Crippen LogP contribution in [0.25, 0.3) is 0 Å². The van der Waals surface area contributed by atoms with Gasteiger partial charge in [0.2, 0.25) is 53.2 Å². The van der Waals surface area contributed by atoms with Crippen molar-refractivity contribution in [1.29, 1.82) is 0 Å². The maximum atomic E-state index is 14.6. The van der Waals surface area contributed by atoms with Gasteiger partial charge < -0.3 is 67.5 Å². The Labute approximate surface area is 574 Å². The van der Waals surface area contributed by atoms with E-state index in [-0.39, 0.29) is 106 Å². The molecule has 2 fully saturated rings. The van der Waals surface area contributed by atoms with Crippen molar-refractivity contribution in [2.45, 2.75) is 246 Å². The Hall–Kier alpha value is -6.65. The van der Waals surface area contributed by atoms with E-state index in [0.29, 0.717) is 37.1 Å². The molecule has 14 atom stereocenters. The van der Waals surface area contributed by atoms with Gasteiger partial charge in [0.15, 0.2) is 0 Å². The number of carbonyl (C=O) groups is 10. The average Bonchev–Trinajstić information content (AvgIpc) is 1.72. The summed E-state index contributed by atoms with van der Waals surface area (Å²) in [5.41, 5.74) is 6.20. The molecular weight excluding hydrogens is 1260 g/mol. The number of likely N-dealkylation sites (tertiary alicyclic amines) is 2. The number of anilines is 1. The molecule has 3 rings (SSSR count). The number of hydrogen-bond donors (Lipinski definition) is 9. The summed E-state index contributed by atoms with van der Waals surface area (Å²) in [7, 11) is 8.45. The number of ether oxygens (including phenoxy) is 2. The monoisotopic (exact) mass is 1380 g/mol. The molecule has 1 aromatic carbocycles. The van der Waals surface area contributed by atoms with Crippen molar-refractivity contribution in [2.75, 3.05) is 66.9 Å². The van der Waals surface area contributed by atoms with Crippen molar-refractivity contribution in [3.63, 3.8) is 0 Å². The smallest absolute Gasteiger partial charge is 0.379 e. The second-order valence-electron chi connectivity index (χ2n) is 27.8. The first-order valence-electron chi connectivity index (χ1n) is 34.8. The van der Waals surface area contributed by atoms with Crippen LogP contribution in [0, 0.1) is 35.5 Å². The average molecular weight is 1380 g/mol. The van der Waals surface area contributed by atoms with Crippen molar-refractivity contribution in [3.05, 3.63) is 29.8 Å². The number of rotatable bonds is 40. The number of amides is 11. The molecule has 1 aromatic rings. The fourth-order valence-corrected chi connectivity index (χ4v) is 13.2. The molecule has 0 spiro atoms. The lowest BCUT2D eigenvalue weighted by molar-refractivity contribution is -0.196. The van der Waals surface area contributed by atoms with E-state index in [1.807, 2.05) is 46.7 Å². The molecule has 2 saturated heterocycles. The molecule has 25 nitrogen and oxygen atoms in total. The van der Waals surface area contributed by atoms with Gasteiger partial charge in [-0.2, -0.15) is 13.2 Å². The minimum absolute atomic E-state index is 0.0160. The number of alkyl halides is 3. The van der Waals surface area contributed by atoms with Crippen molar-refractivity contribution < 1.29 is 70.6 Å². The molecule has 0 radical (unpaired) electrons. The Morgan fingerprint density at radius 2 is 1.35 bits per heavy atom. The number of nitrogens with zero attached hydrogens (tertiary/aromatic N) is 4. The number of benzene rings is 1. The van der Waals surface area contributed by atoms with E-state index in [0.717, 1.165) is 19.3 Å². The van der Waals surface area contributed by atoms with Crippen molar-refractivity contribution in [1.82, 2.24) is 56.8 Å². The van der Waals surface area contributed by atoms with Gasteiger partial charge in [-0.15, -0.1) is 0 Å². The van der Waals surface area contributed by atoms with Gasteiger partial charge in [-0.3, -0.25) is 53.0 Å².